The molecule has 0 aromatic heterocycles. The molecule has 0 spiro atoms. The van der Waals surface area contributed by atoms with Crippen molar-refractivity contribution in [3.63, 3.8) is 0 Å². The van der Waals surface area contributed by atoms with Gasteiger partial charge in [-0.25, -0.2) is 0 Å². The van der Waals surface area contributed by atoms with E-state index in [2.05, 4.69) is 5.32 Å². The Morgan fingerprint density at radius 1 is 1.00 bits per heavy atom. The number of hydrogen-bond acceptors (Lipinski definition) is 2. The highest BCUT2D eigenvalue weighted by molar-refractivity contribution is 6.11. The molecule has 106 valence electrons. The molecule has 1 aliphatic carbocycles. The van der Waals surface area contributed by atoms with Crippen molar-refractivity contribution in [2.75, 3.05) is 11.4 Å². The van der Waals surface area contributed by atoms with Crippen molar-refractivity contribution in [2.45, 2.75) is 18.9 Å². The third-order valence-corrected chi connectivity index (χ3v) is 4.30. The van der Waals surface area contributed by atoms with E-state index in [1.807, 2.05) is 42.5 Å². The van der Waals surface area contributed by atoms with Crippen LogP contribution in [-0.4, -0.2) is 24.4 Å². The Kier molecular flexibility index (Phi) is 2.70. The normalized spacial score (nSPS) is 22.5. The summed E-state index contributed by atoms with van der Waals surface area (Å²) >= 11 is 0. The van der Waals surface area contributed by atoms with Gasteiger partial charge in [-0.3, -0.25) is 9.59 Å². The van der Waals surface area contributed by atoms with Crippen LogP contribution in [0.2, 0.25) is 0 Å². The maximum atomic E-state index is 12.7. The van der Waals surface area contributed by atoms with E-state index >= 15 is 0 Å². The third kappa shape index (κ3) is 2.07. The average Bonchev–Trinajstić information content (AvgIpc) is 3.33. The van der Waals surface area contributed by atoms with Crippen LogP contribution in [0, 0.1) is 5.92 Å². The molecule has 2 aromatic carbocycles. The molecule has 2 fully saturated rings. The standard InChI is InChI=1S/C17H16N2O2/c20-15-10-19(17(21)16(18-15)12-8-9-12)14-7-3-5-11-4-1-2-6-13(11)14/h1-7,12,16H,8-10H2,(H,18,20). The van der Waals surface area contributed by atoms with Crippen molar-refractivity contribution in [3.05, 3.63) is 42.5 Å². The summed E-state index contributed by atoms with van der Waals surface area (Å²) in [6, 6.07) is 13.5. The number of amides is 2. The number of benzene rings is 2. The van der Waals surface area contributed by atoms with Crippen molar-refractivity contribution < 1.29 is 9.59 Å². The van der Waals surface area contributed by atoms with E-state index < -0.39 is 0 Å². The number of hydrogen-bond donors (Lipinski definition) is 1. The fourth-order valence-corrected chi connectivity index (χ4v) is 3.07. The van der Waals surface area contributed by atoms with Gasteiger partial charge in [0.05, 0.1) is 5.69 Å². The summed E-state index contributed by atoms with van der Waals surface area (Å²) in [7, 11) is 0. The lowest BCUT2D eigenvalue weighted by Gasteiger charge is -2.33. The monoisotopic (exact) mass is 280 g/mol. The molecule has 4 rings (SSSR count). The summed E-state index contributed by atoms with van der Waals surface area (Å²) in [5.74, 6) is 0.270. The van der Waals surface area contributed by atoms with Gasteiger partial charge in [-0.05, 0) is 30.2 Å². The summed E-state index contributed by atoms with van der Waals surface area (Å²) in [6.45, 7) is 0.107. The van der Waals surface area contributed by atoms with Crippen molar-refractivity contribution in [3.8, 4) is 0 Å². The molecule has 4 nitrogen and oxygen atoms in total. The van der Waals surface area contributed by atoms with Gasteiger partial charge in [0.1, 0.15) is 12.6 Å². The van der Waals surface area contributed by atoms with E-state index in [1.54, 1.807) is 4.90 Å². The van der Waals surface area contributed by atoms with Gasteiger partial charge in [0.2, 0.25) is 11.8 Å². The lowest BCUT2D eigenvalue weighted by Crippen LogP contribution is -2.59. The smallest absolute Gasteiger partial charge is 0.250 e. The Morgan fingerprint density at radius 2 is 1.76 bits per heavy atom. The van der Waals surface area contributed by atoms with Crippen LogP contribution in [-0.2, 0) is 9.59 Å². The molecule has 2 amide bonds. The van der Waals surface area contributed by atoms with Crippen molar-refractivity contribution in [1.29, 1.82) is 0 Å². The fourth-order valence-electron chi connectivity index (χ4n) is 3.07. The summed E-state index contributed by atoms with van der Waals surface area (Å²) in [5.41, 5.74) is 0.832. The fraction of sp³-hybridized carbons (Fsp3) is 0.294. The highest BCUT2D eigenvalue weighted by Gasteiger charge is 2.43. The molecular formula is C17H16N2O2. The van der Waals surface area contributed by atoms with Gasteiger partial charge in [-0.2, -0.15) is 0 Å². The molecule has 1 saturated carbocycles. The topological polar surface area (TPSA) is 49.4 Å². The minimum atomic E-state index is -0.342. The maximum absolute atomic E-state index is 12.7. The zero-order valence-corrected chi connectivity index (χ0v) is 11.6. The van der Waals surface area contributed by atoms with Gasteiger partial charge in [0.25, 0.3) is 0 Å². The van der Waals surface area contributed by atoms with Gasteiger partial charge in [-0.15, -0.1) is 0 Å². The van der Waals surface area contributed by atoms with Crippen LogP contribution in [0.5, 0.6) is 0 Å². The van der Waals surface area contributed by atoms with Crippen LogP contribution in [0.1, 0.15) is 12.8 Å². The summed E-state index contributed by atoms with van der Waals surface area (Å²) in [4.78, 5) is 26.3. The number of nitrogens with one attached hydrogen (secondary N) is 1. The molecule has 1 aliphatic heterocycles. The molecule has 1 unspecified atom stereocenters. The van der Waals surface area contributed by atoms with Crippen LogP contribution in [0.15, 0.2) is 42.5 Å². The zero-order valence-electron chi connectivity index (χ0n) is 11.6. The first-order chi connectivity index (χ1) is 10.2. The number of carbonyl (C=O) groups is 2. The van der Waals surface area contributed by atoms with E-state index in [0.29, 0.717) is 5.92 Å². The number of carbonyl (C=O) groups excluding carboxylic acids is 2. The van der Waals surface area contributed by atoms with Crippen LogP contribution >= 0.6 is 0 Å². The lowest BCUT2D eigenvalue weighted by atomic mass is 10.0. The van der Waals surface area contributed by atoms with Crippen molar-refractivity contribution in [2.24, 2.45) is 5.92 Å². The Balaban J connectivity index is 1.79. The summed E-state index contributed by atoms with van der Waals surface area (Å²) in [6.07, 6.45) is 2.06. The van der Waals surface area contributed by atoms with Crippen LogP contribution in [0.3, 0.4) is 0 Å². The molecule has 2 aromatic rings. The van der Waals surface area contributed by atoms with E-state index in [1.165, 1.54) is 0 Å². The van der Waals surface area contributed by atoms with Gasteiger partial charge in [0.15, 0.2) is 0 Å². The second-order valence-electron chi connectivity index (χ2n) is 5.81. The number of piperazine rings is 1. The molecule has 4 heteroatoms. The lowest BCUT2D eigenvalue weighted by molar-refractivity contribution is -0.131. The first-order valence-electron chi connectivity index (χ1n) is 7.32. The number of rotatable bonds is 2. The minimum Gasteiger partial charge on any atom is -0.342 e. The Morgan fingerprint density at radius 3 is 2.57 bits per heavy atom. The molecule has 0 bridgehead atoms. The predicted molar refractivity (Wildman–Crippen MR) is 81.0 cm³/mol. The molecule has 1 saturated heterocycles. The first kappa shape index (κ1) is 12.4. The van der Waals surface area contributed by atoms with Crippen molar-refractivity contribution in [1.82, 2.24) is 5.32 Å². The van der Waals surface area contributed by atoms with Crippen molar-refractivity contribution >= 4 is 28.3 Å². The van der Waals surface area contributed by atoms with Crippen LogP contribution < -0.4 is 10.2 Å². The second kappa shape index (κ2) is 4.58. The number of fused-ring (bicyclic) bond motifs is 1. The summed E-state index contributed by atoms with van der Waals surface area (Å²) < 4.78 is 0. The van der Waals surface area contributed by atoms with E-state index in [4.69, 9.17) is 0 Å². The molecule has 1 N–H and O–H groups in total. The predicted octanol–water partition coefficient (Wildman–Crippen LogP) is 2.08. The van der Waals surface area contributed by atoms with E-state index in [-0.39, 0.29) is 24.4 Å². The molecular weight excluding hydrogens is 264 g/mol. The largest absolute Gasteiger partial charge is 0.342 e. The Labute approximate surface area is 122 Å². The van der Waals surface area contributed by atoms with E-state index in [9.17, 15) is 9.59 Å². The number of nitrogens with zero attached hydrogens (tertiary/aromatic N) is 1. The minimum absolute atomic E-state index is 0.0217. The summed E-state index contributed by atoms with van der Waals surface area (Å²) in [5, 5.41) is 4.94. The van der Waals surface area contributed by atoms with Gasteiger partial charge in [-0.1, -0.05) is 36.4 Å². The second-order valence-corrected chi connectivity index (χ2v) is 5.81. The van der Waals surface area contributed by atoms with Gasteiger partial charge >= 0.3 is 0 Å². The number of anilines is 1. The van der Waals surface area contributed by atoms with Crippen LogP contribution in [0.25, 0.3) is 10.8 Å². The molecule has 1 heterocycles. The maximum Gasteiger partial charge on any atom is 0.250 e. The SMILES string of the molecule is O=C1CN(c2cccc3ccccc23)C(=O)C(C2CC2)N1. The molecule has 2 aliphatic rings. The van der Waals surface area contributed by atoms with Crippen LogP contribution in [0.4, 0.5) is 5.69 Å². The van der Waals surface area contributed by atoms with Gasteiger partial charge < -0.3 is 10.2 Å². The van der Waals surface area contributed by atoms with E-state index in [0.717, 1.165) is 29.3 Å². The molecule has 21 heavy (non-hydrogen) atoms. The highest BCUT2D eigenvalue weighted by Crippen LogP contribution is 2.36. The Bertz CT molecular complexity index is 731. The average molecular weight is 280 g/mol. The zero-order chi connectivity index (χ0) is 14.4. The third-order valence-electron chi connectivity index (χ3n) is 4.30. The van der Waals surface area contributed by atoms with Gasteiger partial charge in [0, 0.05) is 5.39 Å². The molecule has 1 atom stereocenters. The Hall–Kier alpha value is -2.36. The molecule has 0 radical (unpaired) electrons. The highest BCUT2D eigenvalue weighted by atomic mass is 16.2. The first-order valence-corrected chi connectivity index (χ1v) is 7.32. The quantitative estimate of drug-likeness (QED) is 0.915.